The molecule has 3 heteroatoms. The maximum absolute atomic E-state index is 13.8. The van der Waals surface area contributed by atoms with Crippen LogP contribution >= 0.6 is 0 Å². The Bertz CT molecular complexity index is 610. The normalized spacial score (nSPS) is 13.8. The molecule has 98 valence electrons. The summed E-state index contributed by atoms with van der Waals surface area (Å²) in [6, 6.07) is 11.2. The van der Waals surface area contributed by atoms with Gasteiger partial charge in [-0.1, -0.05) is 18.2 Å². The maximum atomic E-state index is 13.8. The molecule has 2 N–H and O–H groups in total. The topological polar surface area (TPSA) is 35.2 Å². The molecule has 0 unspecified atom stereocenters. The van der Waals surface area contributed by atoms with Crippen molar-refractivity contribution in [1.82, 2.24) is 0 Å². The van der Waals surface area contributed by atoms with Gasteiger partial charge in [0.2, 0.25) is 0 Å². The van der Waals surface area contributed by atoms with Crippen LogP contribution in [0.5, 0.6) is 5.75 Å². The zero-order valence-electron chi connectivity index (χ0n) is 10.7. The van der Waals surface area contributed by atoms with Crippen molar-refractivity contribution in [2.45, 2.75) is 19.4 Å². The zero-order valence-corrected chi connectivity index (χ0v) is 10.7. The lowest BCUT2D eigenvalue weighted by Crippen LogP contribution is -2.08. The number of hydrogen-bond donors (Lipinski definition) is 1. The molecule has 0 saturated carbocycles. The molecule has 3 rings (SSSR count). The van der Waals surface area contributed by atoms with Crippen LogP contribution in [0.2, 0.25) is 0 Å². The Hall–Kier alpha value is -1.87. The molecule has 1 aliphatic rings. The predicted molar refractivity (Wildman–Crippen MR) is 73.5 cm³/mol. The molecule has 0 amide bonds. The van der Waals surface area contributed by atoms with Gasteiger partial charge in [0.05, 0.1) is 6.61 Å². The molecule has 0 fully saturated rings. The summed E-state index contributed by atoms with van der Waals surface area (Å²) in [6.07, 6.45) is 2.06. The highest BCUT2D eigenvalue weighted by Gasteiger charge is 2.12. The van der Waals surface area contributed by atoms with Crippen LogP contribution in [-0.4, -0.2) is 6.61 Å². The van der Waals surface area contributed by atoms with Gasteiger partial charge in [0.25, 0.3) is 0 Å². The number of ether oxygens (including phenoxy) is 1. The molecule has 2 aromatic rings. The minimum absolute atomic E-state index is 0.226. The summed E-state index contributed by atoms with van der Waals surface area (Å²) < 4.78 is 19.4. The maximum Gasteiger partial charge on any atom is 0.128 e. The van der Waals surface area contributed by atoms with E-state index in [4.69, 9.17) is 10.5 Å². The van der Waals surface area contributed by atoms with Gasteiger partial charge in [0, 0.05) is 12.1 Å². The van der Waals surface area contributed by atoms with Gasteiger partial charge in [-0.25, -0.2) is 4.39 Å². The van der Waals surface area contributed by atoms with E-state index in [1.54, 1.807) is 12.1 Å². The Morgan fingerprint density at radius 2 is 1.89 bits per heavy atom. The van der Waals surface area contributed by atoms with E-state index in [1.807, 2.05) is 18.2 Å². The first-order valence-corrected chi connectivity index (χ1v) is 6.52. The van der Waals surface area contributed by atoms with Crippen molar-refractivity contribution in [2.24, 2.45) is 5.73 Å². The summed E-state index contributed by atoms with van der Waals surface area (Å²) >= 11 is 0. The van der Waals surface area contributed by atoms with E-state index in [9.17, 15) is 4.39 Å². The Morgan fingerprint density at radius 1 is 1.11 bits per heavy atom. The van der Waals surface area contributed by atoms with Gasteiger partial charge < -0.3 is 10.5 Å². The van der Waals surface area contributed by atoms with Crippen molar-refractivity contribution in [3.05, 3.63) is 53.3 Å². The molecule has 0 aromatic heterocycles. The van der Waals surface area contributed by atoms with E-state index in [-0.39, 0.29) is 12.4 Å². The van der Waals surface area contributed by atoms with E-state index in [2.05, 4.69) is 6.07 Å². The summed E-state index contributed by atoms with van der Waals surface area (Å²) in [4.78, 5) is 0. The minimum Gasteiger partial charge on any atom is -0.493 e. The highest BCUT2D eigenvalue weighted by atomic mass is 19.1. The molecule has 0 radical (unpaired) electrons. The molecular weight excluding hydrogens is 241 g/mol. The van der Waals surface area contributed by atoms with Crippen LogP contribution in [0.4, 0.5) is 4.39 Å². The highest BCUT2D eigenvalue weighted by molar-refractivity contribution is 5.66. The van der Waals surface area contributed by atoms with E-state index >= 15 is 0 Å². The Labute approximate surface area is 112 Å². The fourth-order valence-electron chi connectivity index (χ4n) is 2.43. The molecule has 1 heterocycles. The fourth-order valence-corrected chi connectivity index (χ4v) is 2.43. The molecule has 0 spiro atoms. The lowest BCUT2D eigenvalue weighted by molar-refractivity contribution is 0.288. The molecule has 2 nitrogen and oxygen atoms in total. The summed E-state index contributed by atoms with van der Waals surface area (Å²) in [7, 11) is 0. The second-order valence-electron chi connectivity index (χ2n) is 4.78. The second kappa shape index (κ2) is 5.02. The minimum atomic E-state index is -0.242. The van der Waals surface area contributed by atoms with Gasteiger partial charge in [-0.3, -0.25) is 0 Å². The number of nitrogens with two attached hydrogens (primary N) is 1. The van der Waals surface area contributed by atoms with Gasteiger partial charge >= 0.3 is 0 Å². The third-order valence-electron chi connectivity index (χ3n) is 3.51. The lowest BCUT2D eigenvalue weighted by atomic mass is 9.98. The van der Waals surface area contributed by atoms with Crippen molar-refractivity contribution in [2.75, 3.05) is 6.61 Å². The smallest absolute Gasteiger partial charge is 0.128 e. The Kier molecular flexibility index (Phi) is 3.22. The highest BCUT2D eigenvalue weighted by Crippen LogP contribution is 2.30. The zero-order chi connectivity index (χ0) is 13.2. The van der Waals surface area contributed by atoms with Crippen LogP contribution in [-0.2, 0) is 13.0 Å². The van der Waals surface area contributed by atoms with Crippen molar-refractivity contribution in [3.63, 3.8) is 0 Å². The summed E-state index contributed by atoms with van der Waals surface area (Å²) in [6.45, 7) is 1.01. The van der Waals surface area contributed by atoms with Crippen molar-refractivity contribution in [3.8, 4) is 16.9 Å². The average Bonchev–Trinajstić information content (AvgIpc) is 2.46. The second-order valence-corrected chi connectivity index (χ2v) is 4.78. The summed E-state index contributed by atoms with van der Waals surface area (Å²) in [5.41, 5.74) is 9.12. The number of benzene rings is 2. The number of hydrogen-bond acceptors (Lipinski definition) is 2. The number of rotatable bonds is 2. The SMILES string of the molecule is NCc1ccc(-c2ccc3c(c2)CCCO3)cc1F. The standard InChI is InChI=1S/C16H16FNO/c17-15-9-12(3-4-14(15)10-18)11-5-6-16-13(8-11)2-1-7-19-16/h3-6,8-9H,1-2,7,10,18H2. The first-order chi connectivity index (χ1) is 9.28. The van der Waals surface area contributed by atoms with Crippen LogP contribution in [0, 0.1) is 5.82 Å². The third kappa shape index (κ3) is 2.34. The Balaban J connectivity index is 2.00. The Morgan fingerprint density at radius 3 is 2.68 bits per heavy atom. The largest absolute Gasteiger partial charge is 0.493 e. The van der Waals surface area contributed by atoms with Crippen LogP contribution in [0.15, 0.2) is 36.4 Å². The molecule has 2 aromatic carbocycles. The third-order valence-corrected chi connectivity index (χ3v) is 3.51. The predicted octanol–water partition coefficient (Wildman–Crippen LogP) is 3.28. The molecule has 0 bridgehead atoms. The van der Waals surface area contributed by atoms with Gasteiger partial charge in [-0.05, 0) is 47.7 Å². The number of fused-ring (bicyclic) bond motifs is 1. The molecule has 0 atom stereocenters. The summed E-state index contributed by atoms with van der Waals surface area (Å²) in [5, 5.41) is 0. The van der Waals surface area contributed by atoms with Crippen molar-refractivity contribution in [1.29, 1.82) is 0 Å². The van der Waals surface area contributed by atoms with E-state index in [0.29, 0.717) is 5.56 Å². The van der Waals surface area contributed by atoms with E-state index < -0.39 is 0 Å². The first-order valence-electron chi connectivity index (χ1n) is 6.52. The van der Waals surface area contributed by atoms with Gasteiger partial charge in [0.15, 0.2) is 0 Å². The lowest BCUT2D eigenvalue weighted by Gasteiger charge is -2.18. The van der Waals surface area contributed by atoms with Gasteiger partial charge in [0.1, 0.15) is 11.6 Å². The van der Waals surface area contributed by atoms with Crippen LogP contribution in [0.3, 0.4) is 0 Å². The fraction of sp³-hybridized carbons (Fsp3) is 0.250. The molecule has 19 heavy (non-hydrogen) atoms. The number of halogens is 1. The quantitative estimate of drug-likeness (QED) is 0.896. The number of aryl methyl sites for hydroxylation is 1. The average molecular weight is 257 g/mol. The molecule has 0 aliphatic carbocycles. The molecular formula is C16H16FNO. The van der Waals surface area contributed by atoms with E-state index in [1.165, 1.54) is 5.56 Å². The van der Waals surface area contributed by atoms with E-state index in [0.717, 1.165) is 36.3 Å². The molecule has 0 saturated heterocycles. The van der Waals surface area contributed by atoms with Crippen LogP contribution in [0.1, 0.15) is 17.5 Å². The van der Waals surface area contributed by atoms with Crippen LogP contribution in [0.25, 0.3) is 11.1 Å². The van der Waals surface area contributed by atoms with Crippen molar-refractivity contribution < 1.29 is 9.13 Å². The summed E-state index contributed by atoms with van der Waals surface area (Å²) in [5.74, 6) is 0.711. The monoisotopic (exact) mass is 257 g/mol. The van der Waals surface area contributed by atoms with Crippen molar-refractivity contribution >= 4 is 0 Å². The molecule has 1 aliphatic heterocycles. The van der Waals surface area contributed by atoms with Crippen LogP contribution < -0.4 is 10.5 Å². The first kappa shape index (κ1) is 12.2. The van der Waals surface area contributed by atoms with Gasteiger partial charge in [-0.15, -0.1) is 0 Å². The van der Waals surface area contributed by atoms with Gasteiger partial charge in [-0.2, -0.15) is 0 Å².